The largest absolute Gasteiger partial charge is 0.353 e. The van der Waals surface area contributed by atoms with Crippen LogP contribution in [0.3, 0.4) is 0 Å². The highest BCUT2D eigenvalue weighted by Gasteiger charge is 2.21. The van der Waals surface area contributed by atoms with Crippen molar-refractivity contribution in [3.05, 3.63) is 89.4 Å². The van der Waals surface area contributed by atoms with E-state index in [2.05, 4.69) is 87.0 Å². The van der Waals surface area contributed by atoms with Crippen LogP contribution in [0.4, 0.5) is 0 Å². The Hall–Kier alpha value is -2.98. The summed E-state index contributed by atoms with van der Waals surface area (Å²) in [6.07, 6.45) is 4.99. The van der Waals surface area contributed by atoms with Crippen molar-refractivity contribution < 1.29 is 0 Å². The first-order valence-electron chi connectivity index (χ1n) is 9.57. The lowest BCUT2D eigenvalue weighted by Gasteiger charge is -2.24. The van der Waals surface area contributed by atoms with Gasteiger partial charge in [-0.3, -0.25) is 9.98 Å². The molecule has 1 atom stereocenters. The van der Waals surface area contributed by atoms with Gasteiger partial charge in [0.2, 0.25) is 0 Å². The van der Waals surface area contributed by atoms with E-state index >= 15 is 0 Å². The Kier molecular flexibility index (Phi) is 4.63. The first kappa shape index (κ1) is 17.1. The van der Waals surface area contributed by atoms with Gasteiger partial charge in [-0.2, -0.15) is 0 Å². The first-order valence-corrected chi connectivity index (χ1v) is 10.5. The molecule has 1 aliphatic heterocycles. The van der Waals surface area contributed by atoms with E-state index in [1.807, 2.05) is 12.5 Å². The summed E-state index contributed by atoms with van der Waals surface area (Å²) < 4.78 is 0. The van der Waals surface area contributed by atoms with E-state index in [0.717, 1.165) is 25.2 Å². The number of benzene rings is 2. The maximum atomic E-state index is 4.66. The third-order valence-corrected chi connectivity index (χ3v) is 6.16. The summed E-state index contributed by atoms with van der Waals surface area (Å²) in [5.74, 6) is 0. The molecule has 2 aromatic heterocycles. The number of aromatic nitrogens is 1. The molecular weight excluding hydrogens is 362 g/mol. The van der Waals surface area contributed by atoms with Gasteiger partial charge in [-0.15, -0.1) is 11.3 Å². The average Bonchev–Trinajstić information content (AvgIpc) is 3.41. The van der Waals surface area contributed by atoms with Crippen molar-refractivity contribution in [2.24, 2.45) is 4.99 Å². The van der Waals surface area contributed by atoms with Gasteiger partial charge in [0.1, 0.15) is 0 Å². The number of fused-ring (bicyclic) bond motifs is 1. The topological polar surface area (TPSA) is 28.5 Å². The van der Waals surface area contributed by atoms with Crippen LogP contribution in [0.15, 0.2) is 83.3 Å². The van der Waals surface area contributed by atoms with Crippen molar-refractivity contribution in [2.75, 3.05) is 6.54 Å². The molecule has 0 radical (unpaired) electrons. The van der Waals surface area contributed by atoms with Gasteiger partial charge in [-0.05, 0) is 51.9 Å². The molecule has 3 nitrogen and oxygen atoms in total. The lowest BCUT2D eigenvalue weighted by Crippen LogP contribution is -2.32. The lowest BCUT2D eigenvalue weighted by molar-refractivity contribution is 0.341. The zero-order valence-electron chi connectivity index (χ0n) is 15.5. The van der Waals surface area contributed by atoms with Crippen LogP contribution >= 0.6 is 11.3 Å². The van der Waals surface area contributed by atoms with Gasteiger partial charge >= 0.3 is 0 Å². The van der Waals surface area contributed by atoms with E-state index in [4.69, 9.17) is 0 Å². The molecular formula is C24H21N3S. The van der Waals surface area contributed by atoms with Crippen LogP contribution < -0.4 is 0 Å². The number of hydrogen-bond donors (Lipinski definition) is 0. The molecule has 138 valence electrons. The smallest absolute Gasteiger partial charge is 0.0857 e. The van der Waals surface area contributed by atoms with Crippen LogP contribution in [0.1, 0.15) is 11.1 Å². The predicted molar refractivity (Wildman–Crippen MR) is 118 cm³/mol. The maximum absolute atomic E-state index is 4.66. The van der Waals surface area contributed by atoms with E-state index < -0.39 is 0 Å². The van der Waals surface area contributed by atoms with Gasteiger partial charge in [0, 0.05) is 12.7 Å². The molecule has 2 aromatic carbocycles. The van der Waals surface area contributed by atoms with E-state index in [1.54, 1.807) is 11.3 Å². The molecule has 4 heteroatoms. The Labute approximate surface area is 169 Å². The molecule has 0 spiro atoms. The Morgan fingerprint density at radius 1 is 0.929 bits per heavy atom. The van der Waals surface area contributed by atoms with Crippen LogP contribution in [0.25, 0.3) is 21.3 Å². The van der Waals surface area contributed by atoms with Crippen molar-refractivity contribution in [2.45, 2.75) is 19.0 Å². The molecule has 0 bridgehead atoms. The number of hydrogen-bond acceptors (Lipinski definition) is 4. The first-order chi connectivity index (χ1) is 13.8. The Balaban J connectivity index is 1.29. The van der Waals surface area contributed by atoms with Crippen LogP contribution in [0, 0.1) is 0 Å². The second kappa shape index (κ2) is 7.56. The summed E-state index contributed by atoms with van der Waals surface area (Å²) in [7, 11) is 0. The van der Waals surface area contributed by atoms with Crippen molar-refractivity contribution in [1.82, 2.24) is 9.88 Å². The van der Waals surface area contributed by atoms with Gasteiger partial charge in [0.25, 0.3) is 0 Å². The zero-order chi connectivity index (χ0) is 18.8. The van der Waals surface area contributed by atoms with Crippen LogP contribution in [0.5, 0.6) is 0 Å². The maximum Gasteiger partial charge on any atom is 0.0857 e. The SMILES string of the molecule is C1=NCC(Cc2ccc(-c3cccs3)nc2)N1Cc1ccc2ccccc2c1. The molecule has 28 heavy (non-hydrogen) atoms. The number of thiophene rings is 1. The molecule has 0 aliphatic carbocycles. The molecule has 1 unspecified atom stereocenters. The highest BCUT2D eigenvalue weighted by Crippen LogP contribution is 2.24. The lowest BCUT2D eigenvalue weighted by atomic mass is 10.0. The normalized spacial score (nSPS) is 16.1. The summed E-state index contributed by atoms with van der Waals surface area (Å²) in [4.78, 5) is 12.8. The number of aliphatic imine (C=N–C) groups is 1. The predicted octanol–water partition coefficient (Wildman–Crippen LogP) is 5.42. The standard InChI is InChI=1S/C24H21N3S/c1-2-5-21-12-19(7-9-20(21)4-1)16-27-17-25-15-22(27)13-18-8-10-23(26-14-18)24-6-3-11-28-24/h1-12,14,17,22H,13,15-16H2. The molecule has 0 fully saturated rings. The Morgan fingerprint density at radius 2 is 1.82 bits per heavy atom. The molecule has 0 amide bonds. The summed E-state index contributed by atoms with van der Waals surface area (Å²) >= 11 is 1.73. The van der Waals surface area contributed by atoms with E-state index in [9.17, 15) is 0 Å². The molecule has 1 aliphatic rings. The van der Waals surface area contributed by atoms with Gasteiger partial charge in [-0.1, -0.05) is 48.5 Å². The Bertz CT molecular complexity index is 1100. The minimum Gasteiger partial charge on any atom is -0.353 e. The number of pyridine rings is 1. The van der Waals surface area contributed by atoms with Gasteiger partial charge in [0.05, 0.1) is 29.5 Å². The third kappa shape index (κ3) is 3.56. The van der Waals surface area contributed by atoms with E-state index in [1.165, 1.54) is 26.8 Å². The quantitative estimate of drug-likeness (QED) is 0.460. The van der Waals surface area contributed by atoms with Crippen molar-refractivity contribution in [3.8, 4) is 10.6 Å². The van der Waals surface area contributed by atoms with Gasteiger partial charge < -0.3 is 4.90 Å². The second-order valence-electron chi connectivity index (χ2n) is 7.22. The van der Waals surface area contributed by atoms with Crippen LogP contribution in [-0.2, 0) is 13.0 Å². The molecule has 3 heterocycles. The van der Waals surface area contributed by atoms with Crippen LogP contribution in [-0.4, -0.2) is 28.8 Å². The van der Waals surface area contributed by atoms with Gasteiger partial charge in [0.15, 0.2) is 0 Å². The summed E-state index contributed by atoms with van der Waals surface area (Å²) in [5, 5.41) is 4.67. The van der Waals surface area contributed by atoms with E-state index in [0.29, 0.717) is 6.04 Å². The summed E-state index contributed by atoms with van der Waals surface area (Å²) in [6.45, 7) is 1.74. The van der Waals surface area contributed by atoms with Crippen molar-refractivity contribution in [3.63, 3.8) is 0 Å². The third-order valence-electron chi connectivity index (χ3n) is 5.26. The summed E-state index contributed by atoms with van der Waals surface area (Å²) in [5.41, 5.74) is 3.64. The fraction of sp³-hybridized carbons (Fsp3) is 0.167. The second-order valence-corrected chi connectivity index (χ2v) is 8.17. The van der Waals surface area contributed by atoms with E-state index in [-0.39, 0.29) is 0 Å². The molecule has 0 N–H and O–H groups in total. The summed E-state index contributed by atoms with van der Waals surface area (Å²) in [6, 6.07) is 24.1. The van der Waals surface area contributed by atoms with Crippen molar-refractivity contribution in [1.29, 1.82) is 0 Å². The van der Waals surface area contributed by atoms with Gasteiger partial charge in [-0.25, -0.2) is 0 Å². The fourth-order valence-electron chi connectivity index (χ4n) is 3.76. The molecule has 4 aromatic rings. The molecule has 5 rings (SSSR count). The number of nitrogens with zero attached hydrogens (tertiary/aromatic N) is 3. The fourth-order valence-corrected chi connectivity index (χ4v) is 4.46. The zero-order valence-corrected chi connectivity index (χ0v) is 16.3. The average molecular weight is 384 g/mol. The number of rotatable bonds is 5. The molecule has 0 saturated heterocycles. The van der Waals surface area contributed by atoms with Crippen LogP contribution in [0.2, 0.25) is 0 Å². The highest BCUT2D eigenvalue weighted by atomic mass is 32.1. The monoisotopic (exact) mass is 383 g/mol. The minimum absolute atomic E-state index is 0.390. The van der Waals surface area contributed by atoms with Crippen molar-refractivity contribution >= 4 is 28.4 Å². The molecule has 0 saturated carbocycles. The Morgan fingerprint density at radius 3 is 2.64 bits per heavy atom. The highest BCUT2D eigenvalue weighted by molar-refractivity contribution is 7.13. The minimum atomic E-state index is 0.390.